The number of fused-ring (bicyclic) bond motifs is 1. The van der Waals surface area contributed by atoms with Gasteiger partial charge in [0.2, 0.25) is 0 Å². The smallest absolute Gasteiger partial charge is 0.283 e. The predicted octanol–water partition coefficient (Wildman–Crippen LogP) is 2.12. The first kappa shape index (κ1) is 12.5. The van der Waals surface area contributed by atoms with Gasteiger partial charge in [-0.2, -0.15) is 0 Å². The average molecular weight is 288 g/mol. The van der Waals surface area contributed by atoms with Gasteiger partial charge in [0.05, 0.1) is 0 Å². The fraction of sp³-hybridized carbons (Fsp3) is 0.417. The highest BCUT2D eigenvalue weighted by Gasteiger charge is 2.64. The van der Waals surface area contributed by atoms with Crippen molar-refractivity contribution in [2.24, 2.45) is 16.6 Å². The van der Waals surface area contributed by atoms with E-state index in [1.165, 1.54) is 12.1 Å². The molecular weight excluding hydrogens is 276 g/mol. The van der Waals surface area contributed by atoms with Gasteiger partial charge in [-0.25, -0.2) is 13.8 Å². The Morgan fingerprint density at radius 2 is 2.16 bits per heavy atom. The van der Waals surface area contributed by atoms with Crippen LogP contribution in [0.1, 0.15) is 12.0 Å². The molecule has 102 valence electrons. The molecule has 0 radical (unpaired) electrons. The summed E-state index contributed by atoms with van der Waals surface area (Å²) in [6.45, 7) is 0. The van der Waals surface area contributed by atoms with E-state index >= 15 is 0 Å². The SMILES string of the molecule is NC1=NC(c2cc(N)ccc2Cl)(C(F)F)C2CC2O1. The Morgan fingerprint density at radius 3 is 2.84 bits per heavy atom. The maximum Gasteiger partial charge on any atom is 0.283 e. The summed E-state index contributed by atoms with van der Waals surface area (Å²) in [5, 5.41) is 0.207. The molecule has 1 aliphatic heterocycles. The molecule has 4 N–H and O–H groups in total. The van der Waals surface area contributed by atoms with Crippen molar-refractivity contribution in [2.75, 3.05) is 5.73 Å². The summed E-state index contributed by atoms with van der Waals surface area (Å²) in [6.07, 6.45) is -2.56. The minimum Gasteiger partial charge on any atom is -0.462 e. The summed E-state index contributed by atoms with van der Waals surface area (Å²) in [7, 11) is 0. The van der Waals surface area contributed by atoms with Crippen LogP contribution in [0.4, 0.5) is 14.5 Å². The zero-order valence-corrected chi connectivity index (χ0v) is 10.6. The molecule has 4 nitrogen and oxygen atoms in total. The van der Waals surface area contributed by atoms with Gasteiger partial charge in [-0.1, -0.05) is 11.6 Å². The van der Waals surface area contributed by atoms with Gasteiger partial charge in [-0.3, -0.25) is 0 Å². The lowest BCUT2D eigenvalue weighted by Crippen LogP contribution is -2.43. The van der Waals surface area contributed by atoms with E-state index in [9.17, 15) is 8.78 Å². The van der Waals surface area contributed by atoms with Gasteiger partial charge < -0.3 is 16.2 Å². The fourth-order valence-corrected chi connectivity index (χ4v) is 2.92. The van der Waals surface area contributed by atoms with Gasteiger partial charge in [0, 0.05) is 22.2 Å². The van der Waals surface area contributed by atoms with Crippen LogP contribution >= 0.6 is 11.6 Å². The van der Waals surface area contributed by atoms with E-state index in [0.717, 1.165) is 0 Å². The number of anilines is 1. The van der Waals surface area contributed by atoms with Crippen LogP contribution in [0.5, 0.6) is 0 Å². The Balaban J connectivity index is 2.21. The molecule has 3 atom stereocenters. The maximum absolute atomic E-state index is 13.7. The number of amidine groups is 1. The van der Waals surface area contributed by atoms with Crippen LogP contribution in [0.2, 0.25) is 5.02 Å². The molecule has 19 heavy (non-hydrogen) atoms. The van der Waals surface area contributed by atoms with Crippen molar-refractivity contribution in [3.05, 3.63) is 28.8 Å². The Labute approximate surface area is 113 Å². The van der Waals surface area contributed by atoms with Gasteiger partial charge in [-0.05, 0) is 24.6 Å². The highest BCUT2D eigenvalue weighted by atomic mass is 35.5. The zero-order chi connectivity index (χ0) is 13.8. The molecule has 0 spiro atoms. The van der Waals surface area contributed by atoms with Crippen molar-refractivity contribution in [1.82, 2.24) is 0 Å². The number of nitrogens with two attached hydrogens (primary N) is 2. The average Bonchev–Trinajstić information content (AvgIpc) is 3.10. The number of nitrogens with zero attached hydrogens (tertiary/aromatic N) is 1. The topological polar surface area (TPSA) is 73.6 Å². The van der Waals surface area contributed by atoms with Crippen LogP contribution in [0.15, 0.2) is 23.2 Å². The quantitative estimate of drug-likeness (QED) is 0.818. The van der Waals surface area contributed by atoms with Gasteiger partial charge in [0.1, 0.15) is 6.10 Å². The van der Waals surface area contributed by atoms with Gasteiger partial charge in [-0.15, -0.1) is 0 Å². The molecule has 0 bridgehead atoms. The number of alkyl halides is 2. The van der Waals surface area contributed by atoms with E-state index in [0.29, 0.717) is 12.1 Å². The minimum atomic E-state index is -2.73. The third kappa shape index (κ3) is 1.74. The lowest BCUT2D eigenvalue weighted by Gasteiger charge is -2.33. The molecule has 1 saturated carbocycles. The molecule has 1 heterocycles. The van der Waals surface area contributed by atoms with Crippen molar-refractivity contribution in [3.8, 4) is 0 Å². The molecule has 0 saturated heterocycles. The van der Waals surface area contributed by atoms with Crippen LogP contribution in [-0.2, 0) is 10.3 Å². The third-order valence-corrected chi connectivity index (χ3v) is 3.95. The van der Waals surface area contributed by atoms with E-state index in [1.54, 1.807) is 6.07 Å². The van der Waals surface area contributed by atoms with E-state index in [2.05, 4.69) is 4.99 Å². The second-order valence-electron chi connectivity index (χ2n) is 4.81. The first-order valence-electron chi connectivity index (χ1n) is 5.81. The molecule has 0 amide bonds. The summed E-state index contributed by atoms with van der Waals surface area (Å²) in [6, 6.07) is 4.26. The Morgan fingerprint density at radius 1 is 1.42 bits per heavy atom. The Bertz CT molecular complexity index is 566. The van der Waals surface area contributed by atoms with Gasteiger partial charge >= 0.3 is 0 Å². The summed E-state index contributed by atoms with van der Waals surface area (Å²) in [4.78, 5) is 3.89. The number of aliphatic imine (C=N–C) groups is 1. The fourth-order valence-electron chi connectivity index (χ4n) is 2.65. The predicted molar refractivity (Wildman–Crippen MR) is 68.1 cm³/mol. The van der Waals surface area contributed by atoms with Crippen molar-refractivity contribution < 1.29 is 13.5 Å². The number of nitrogen functional groups attached to an aromatic ring is 1. The zero-order valence-electron chi connectivity index (χ0n) is 9.82. The first-order chi connectivity index (χ1) is 8.95. The molecule has 7 heteroatoms. The summed E-state index contributed by atoms with van der Waals surface area (Å²) < 4.78 is 32.6. The van der Waals surface area contributed by atoms with Crippen molar-refractivity contribution in [3.63, 3.8) is 0 Å². The number of benzene rings is 1. The lowest BCUT2D eigenvalue weighted by atomic mass is 9.85. The minimum absolute atomic E-state index is 0.207. The summed E-state index contributed by atoms with van der Waals surface area (Å²) >= 11 is 6.05. The van der Waals surface area contributed by atoms with Gasteiger partial charge in [0.25, 0.3) is 12.4 Å². The molecular formula is C12H12ClF2N3O. The Hall–Kier alpha value is -1.56. The number of hydrogen-bond donors (Lipinski definition) is 2. The molecule has 1 aromatic carbocycles. The standard InChI is InChI=1S/C12H12ClF2N3O/c13-8-2-1-5(16)3-6(8)12(10(14)15)7-4-9(7)19-11(17)18-12/h1-3,7,9-10H,4,16H2,(H2,17,18). The second-order valence-corrected chi connectivity index (χ2v) is 5.22. The lowest BCUT2D eigenvalue weighted by molar-refractivity contribution is 0.0197. The van der Waals surface area contributed by atoms with Crippen LogP contribution < -0.4 is 11.5 Å². The maximum atomic E-state index is 13.7. The van der Waals surface area contributed by atoms with E-state index < -0.39 is 17.9 Å². The molecule has 3 rings (SSSR count). The van der Waals surface area contributed by atoms with Crippen LogP contribution in [0.25, 0.3) is 0 Å². The van der Waals surface area contributed by atoms with Gasteiger partial charge in [0.15, 0.2) is 5.54 Å². The molecule has 0 aromatic heterocycles. The molecule has 2 aliphatic rings. The van der Waals surface area contributed by atoms with Crippen LogP contribution in [0, 0.1) is 5.92 Å². The molecule has 3 unspecified atom stereocenters. The monoisotopic (exact) mass is 287 g/mol. The third-order valence-electron chi connectivity index (χ3n) is 3.62. The van der Waals surface area contributed by atoms with E-state index in [-0.39, 0.29) is 22.7 Å². The Kier molecular flexibility index (Phi) is 2.60. The summed E-state index contributed by atoms with van der Waals surface area (Å²) in [5.74, 6) is -0.418. The van der Waals surface area contributed by atoms with Crippen LogP contribution in [-0.4, -0.2) is 18.6 Å². The van der Waals surface area contributed by atoms with Crippen molar-refractivity contribution in [1.29, 1.82) is 0 Å². The molecule has 1 aromatic rings. The van der Waals surface area contributed by atoms with E-state index in [1.807, 2.05) is 0 Å². The summed E-state index contributed by atoms with van der Waals surface area (Å²) in [5.41, 5.74) is 10.0. The molecule has 1 fully saturated rings. The molecule has 1 aliphatic carbocycles. The van der Waals surface area contributed by atoms with Crippen LogP contribution in [0.3, 0.4) is 0 Å². The second kappa shape index (κ2) is 3.96. The van der Waals surface area contributed by atoms with Crippen molar-refractivity contribution in [2.45, 2.75) is 24.5 Å². The largest absolute Gasteiger partial charge is 0.462 e. The number of rotatable bonds is 2. The number of hydrogen-bond acceptors (Lipinski definition) is 4. The highest BCUT2D eigenvalue weighted by Crippen LogP contribution is 2.56. The van der Waals surface area contributed by atoms with E-state index in [4.69, 9.17) is 27.8 Å². The number of halogens is 3. The normalized spacial score (nSPS) is 32.5. The van der Waals surface area contributed by atoms with Crippen molar-refractivity contribution >= 4 is 23.3 Å². The number of ether oxygens (including phenoxy) is 1. The highest BCUT2D eigenvalue weighted by molar-refractivity contribution is 6.31. The first-order valence-corrected chi connectivity index (χ1v) is 6.18.